The van der Waals surface area contributed by atoms with E-state index in [1.54, 1.807) is 0 Å². The lowest BCUT2D eigenvalue weighted by Crippen LogP contribution is -2.38. The fourth-order valence-corrected chi connectivity index (χ4v) is 2.71. The molecule has 2 N–H and O–H groups in total. The number of hydrogen-bond acceptors (Lipinski definition) is 1. The fourth-order valence-electron chi connectivity index (χ4n) is 2.32. The molecule has 82 valence electrons. The Kier molecular flexibility index (Phi) is 3.24. The second kappa shape index (κ2) is 4.32. The van der Waals surface area contributed by atoms with Crippen molar-refractivity contribution in [1.29, 1.82) is 0 Å². The minimum atomic E-state index is -0.0612. The molecule has 0 unspecified atom stereocenters. The molecule has 0 saturated heterocycles. The molecule has 0 heterocycles. The number of nitrogens with two attached hydrogens (primary N) is 1. The molecule has 1 saturated carbocycles. The lowest BCUT2D eigenvalue weighted by molar-refractivity contribution is 0.436. The summed E-state index contributed by atoms with van der Waals surface area (Å²) in [5.74, 6) is 0. The lowest BCUT2D eigenvalue weighted by atomic mass is 9.90. The Balaban J connectivity index is 2.20. The molecule has 15 heavy (non-hydrogen) atoms. The maximum atomic E-state index is 6.31. The first-order valence-corrected chi connectivity index (χ1v) is 6.08. The van der Waals surface area contributed by atoms with Gasteiger partial charge in [0.2, 0.25) is 0 Å². The highest BCUT2D eigenvalue weighted by atomic mass is 35.5. The van der Waals surface area contributed by atoms with Crippen molar-refractivity contribution < 1.29 is 0 Å². The summed E-state index contributed by atoms with van der Waals surface area (Å²) in [7, 11) is 0. The summed E-state index contributed by atoms with van der Waals surface area (Å²) in [6.45, 7) is 0. The summed E-state index contributed by atoms with van der Waals surface area (Å²) in [5, 5.41) is 1.28. The van der Waals surface area contributed by atoms with Crippen molar-refractivity contribution in [3.05, 3.63) is 33.8 Å². The third kappa shape index (κ3) is 2.47. The van der Waals surface area contributed by atoms with Gasteiger partial charge in [-0.15, -0.1) is 0 Å². The average molecular weight is 244 g/mol. The number of halogens is 2. The van der Waals surface area contributed by atoms with E-state index in [2.05, 4.69) is 0 Å². The van der Waals surface area contributed by atoms with Gasteiger partial charge in [0.15, 0.2) is 0 Å². The van der Waals surface area contributed by atoms with Crippen LogP contribution in [0.25, 0.3) is 0 Å². The van der Waals surface area contributed by atoms with E-state index < -0.39 is 0 Å². The van der Waals surface area contributed by atoms with E-state index in [9.17, 15) is 0 Å². The first-order valence-electron chi connectivity index (χ1n) is 5.32. The summed E-state index contributed by atoms with van der Waals surface area (Å²) < 4.78 is 0. The Hall–Kier alpha value is -0.240. The zero-order valence-corrected chi connectivity index (χ0v) is 10.1. The SMILES string of the molecule is NC1(Cc2cccc(Cl)c2Cl)CCCC1. The fraction of sp³-hybridized carbons (Fsp3) is 0.500. The van der Waals surface area contributed by atoms with Crippen LogP contribution < -0.4 is 5.73 Å². The van der Waals surface area contributed by atoms with Gasteiger partial charge in [0.05, 0.1) is 10.0 Å². The van der Waals surface area contributed by atoms with Crippen LogP contribution in [0.2, 0.25) is 10.0 Å². The van der Waals surface area contributed by atoms with Gasteiger partial charge in [-0.25, -0.2) is 0 Å². The van der Waals surface area contributed by atoms with Crippen LogP contribution >= 0.6 is 23.2 Å². The van der Waals surface area contributed by atoms with Crippen LogP contribution in [0.1, 0.15) is 31.2 Å². The summed E-state index contributed by atoms with van der Waals surface area (Å²) in [4.78, 5) is 0. The zero-order chi connectivity index (χ0) is 10.9. The van der Waals surface area contributed by atoms with Gasteiger partial charge in [0, 0.05) is 5.54 Å². The summed E-state index contributed by atoms with van der Waals surface area (Å²) in [6.07, 6.45) is 5.49. The molecular weight excluding hydrogens is 229 g/mol. The molecule has 1 fully saturated rings. The topological polar surface area (TPSA) is 26.0 Å². The highest BCUT2D eigenvalue weighted by Crippen LogP contribution is 2.34. The first kappa shape index (κ1) is 11.3. The largest absolute Gasteiger partial charge is 0.325 e. The van der Waals surface area contributed by atoms with Gasteiger partial charge in [-0.3, -0.25) is 0 Å². The van der Waals surface area contributed by atoms with E-state index in [4.69, 9.17) is 28.9 Å². The van der Waals surface area contributed by atoms with Crippen LogP contribution in [-0.2, 0) is 6.42 Å². The molecule has 0 spiro atoms. The van der Waals surface area contributed by atoms with Crippen molar-refractivity contribution in [3.63, 3.8) is 0 Å². The predicted octanol–water partition coefficient (Wildman–Crippen LogP) is 3.81. The summed E-state index contributed by atoms with van der Waals surface area (Å²) in [6, 6.07) is 5.76. The Bertz CT molecular complexity index is 357. The molecule has 1 aromatic carbocycles. The van der Waals surface area contributed by atoms with Gasteiger partial charge in [0.1, 0.15) is 0 Å². The van der Waals surface area contributed by atoms with Crippen LogP contribution in [-0.4, -0.2) is 5.54 Å². The molecular formula is C12H15Cl2N. The molecule has 0 bridgehead atoms. The normalized spacial score (nSPS) is 19.4. The van der Waals surface area contributed by atoms with Crippen LogP contribution in [0.15, 0.2) is 18.2 Å². The standard InChI is InChI=1S/C12H15Cl2N/c13-10-5-3-4-9(11(10)14)8-12(15)6-1-2-7-12/h3-5H,1-2,6-8,15H2. The van der Waals surface area contributed by atoms with Crippen LogP contribution in [0.4, 0.5) is 0 Å². The maximum Gasteiger partial charge on any atom is 0.0624 e. The van der Waals surface area contributed by atoms with Crippen molar-refractivity contribution >= 4 is 23.2 Å². The quantitative estimate of drug-likeness (QED) is 0.841. The van der Waals surface area contributed by atoms with E-state index in [1.165, 1.54) is 12.8 Å². The molecule has 1 aromatic rings. The summed E-state index contributed by atoms with van der Waals surface area (Å²) in [5.41, 5.74) is 7.32. The van der Waals surface area contributed by atoms with Gasteiger partial charge < -0.3 is 5.73 Å². The zero-order valence-electron chi connectivity index (χ0n) is 8.60. The van der Waals surface area contributed by atoms with E-state index in [-0.39, 0.29) is 5.54 Å². The van der Waals surface area contributed by atoms with Crippen LogP contribution in [0, 0.1) is 0 Å². The first-order chi connectivity index (χ1) is 7.11. The molecule has 0 amide bonds. The molecule has 0 atom stereocenters. The average Bonchev–Trinajstić information content (AvgIpc) is 2.60. The molecule has 0 aliphatic heterocycles. The van der Waals surface area contributed by atoms with Crippen molar-refractivity contribution in [2.45, 2.75) is 37.6 Å². The minimum Gasteiger partial charge on any atom is -0.325 e. The van der Waals surface area contributed by atoms with Gasteiger partial charge in [-0.05, 0) is 30.9 Å². The van der Waals surface area contributed by atoms with E-state index in [1.807, 2.05) is 18.2 Å². The Labute approximate surface area is 101 Å². The van der Waals surface area contributed by atoms with Crippen molar-refractivity contribution in [2.24, 2.45) is 5.73 Å². The smallest absolute Gasteiger partial charge is 0.0624 e. The van der Waals surface area contributed by atoms with Gasteiger partial charge in [-0.1, -0.05) is 48.2 Å². The third-order valence-electron chi connectivity index (χ3n) is 3.17. The lowest BCUT2D eigenvalue weighted by Gasteiger charge is -2.24. The van der Waals surface area contributed by atoms with E-state index in [0.29, 0.717) is 10.0 Å². The molecule has 0 aromatic heterocycles. The van der Waals surface area contributed by atoms with Gasteiger partial charge in [0.25, 0.3) is 0 Å². The molecule has 1 nitrogen and oxygen atoms in total. The highest BCUT2D eigenvalue weighted by molar-refractivity contribution is 6.42. The maximum absolute atomic E-state index is 6.31. The van der Waals surface area contributed by atoms with Gasteiger partial charge >= 0.3 is 0 Å². The summed E-state index contributed by atoms with van der Waals surface area (Å²) >= 11 is 12.1. The second-order valence-electron chi connectivity index (χ2n) is 4.46. The molecule has 3 heteroatoms. The number of benzene rings is 1. The molecule has 0 radical (unpaired) electrons. The monoisotopic (exact) mass is 243 g/mol. The van der Waals surface area contributed by atoms with E-state index >= 15 is 0 Å². The van der Waals surface area contributed by atoms with Gasteiger partial charge in [-0.2, -0.15) is 0 Å². The van der Waals surface area contributed by atoms with E-state index in [0.717, 1.165) is 24.8 Å². The van der Waals surface area contributed by atoms with Crippen molar-refractivity contribution in [3.8, 4) is 0 Å². The Morgan fingerprint density at radius 1 is 1.20 bits per heavy atom. The van der Waals surface area contributed by atoms with Crippen LogP contribution in [0.5, 0.6) is 0 Å². The Morgan fingerprint density at radius 3 is 2.53 bits per heavy atom. The highest BCUT2D eigenvalue weighted by Gasteiger charge is 2.30. The van der Waals surface area contributed by atoms with Crippen molar-refractivity contribution in [1.82, 2.24) is 0 Å². The molecule has 2 rings (SSSR count). The van der Waals surface area contributed by atoms with Crippen LogP contribution in [0.3, 0.4) is 0 Å². The minimum absolute atomic E-state index is 0.0612. The third-order valence-corrected chi connectivity index (χ3v) is 4.03. The second-order valence-corrected chi connectivity index (χ2v) is 5.24. The molecule has 1 aliphatic carbocycles. The number of hydrogen-bond donors (Lipinski definition) is 1. The molecule has 1 aliphatic rings. The number of rotatable bonds is 2. The Morgan fingerprint density at radius 2 is 1.87 bits per heavy atom. The predicted molar refractivity (Wildman–Crippen MR) is 65.6 cm³/mol. The van der Waals surface area contributed by atoms with Crippen molar-refractivity contribution in [2.75, 3.05) is 0 Å².